The Labute approximate surface area is 168 Å². The number of rotatable bonds is 9. The Kier molecular flexibility index (Phi) is 6.74. The first-order chi connectivity index (χ1) is 13.5. The van der Waals surface area contributed by atoms with Gasteiger partial charge in [-0.15, -0.1) is 15.3 Å². The average Bonchev–Trinajstić information content (AvgIpc) is 3.31. The molecule has 0 bridgehead atoms. The van der Waals surface area contributed by atoms with Crippen molar-refractivity contribution in [2.24, 2.45) is 0 Å². The van der Waals surface area contributed by atoms with Crippen LogP contribution in [0, 0.1) is 5.82 Å². The van der Waals surface area contributed by atoms with E-state index in [0.717, 1.165) is 41.9 Å². The molecule has 8 nitrogen and oxygen atoms in total. The molecule has 0 N–H and O–H groups in total. The molecule has 150 valence electrons. The summed E-state index contributed by atoms with van der Waals surface area (Å²) in [4.78, 5) is 2.06. The molecule has 0 fully saturated rings. The van der Waals surface area contributed by atoms with Crippen LogP contribution in [-0.4, -0.2) is 54.0 Å². The lowest BCUT2D eigenvalue weighted by Gasteiger charge is -2.20. The van der Waals surface area contributed by atoms with E-state index in [1.165, 1.54) is 23.9 Å². The van der Waals surface area contributed by atoms with Gasteiger partial charge in [0, 0.05) is 12.2 Å². The lowest BCUT2D eigenvalue weighted by Crippen LogP contribution is -2.20. The number of thioether (sulfide) groups is 1. The van der Waals surface area contributed by atoms with Gasteiger partial charge in [0.1, 0.15) is 5.82 Å². The number of benzene rings is 1. The molecule has 0 unspecified atom stereocenters. The molecular weight excluding hydrogens is 379 g/mol. The first kappa shape index (κ1) is 20.4. The van der Waals surface area contributed by atoms with E-state index in [4.69, 9.17) is 0 Å². The highest BCUT2D eigenvalue weighted by Crippen LogP contribution is 2.28. The molecule has 0 aliphatic carbocycles. The van der Waals surface area contributed by atoms with Gasteiger partial charge in [0.05, 0.1) is 11.8 Å². The van der Waals surface area contributed by atoms with Crippen LogP contribution >= 0.6 is 11.8 Å². The highest BCUT2D eigenvalue weighted by Gasteiger charge is 2.21. The van der Waals surface area contributed by atoms with Gasteiger partial charge in [0.25, 0.3) is 0 Å². The topological polar surface area (TPSA) is 77.5 Å². The summed E-state index contributed by atoms with van der Waals surface area (Å²) in [6, 6.07) is 6.40. The highest BCUT2D eigenvalue weighted by atomic mass is 32.2. The fourth-order valence-electron chi connectivity index (χ4n) is 2.65. The third kappa shape index (κ3) is 4.56. The number of aromatic nitrogens is 7. The molecule has 0 aliphatic rings. The lowest BCUT2D eigenvalue weighted by molar-refractivity contribution is 0.305. The van der Waals surface area contributed by atoms with E-state index >= 15 is 0 Å². The van der Waals surface area contributed by atoms with Crippen molar-refractivity contribution in [3.8, 4) is 5.69 Å². The maximum Gasteiger partial charge on any atom is 0.196 e. The van der Waals surface area contributed by atoms with Crippen LogP contribution in [0.3, 0.4) is 0 Å². The Balaban J connectivity index is 1.89. The van der Waals surface area contributed by atoms with Gasteiger partial charge in [-0.2, -0.15) is 0 Å². The SMILES string of the molecule is CCCCn1nnnc1CSc1nnc([C@@H](C)N(C)C)n1-c1ccc(F)cc1. The summed E-state index contributed by atoms with van der Waals surface area (Å²) < 4.78 is 17.2. The first-order valence-electron chi connectivity index (χ1n) is 9.26. The summed E-state index contributed by atoms with van der Waals surface area (Å²) >= 11 is 1.52. The fourth-order valence-corrected chi connectivity index (χ4v) is 3.54. The Morgan fingerprint density at radius 2 is 1.89 bits per heavy atom. The van der Waals surface area contributed by atoms with E-state index in [-0.39, 0.29) is 11.9 Å². The maximum absolute atomic E-state index is 13.4. The van der Waals surface area contributed by atoms with Crippen molar-refractivity contribution in [1.82, 2.24) is 39.9 Å². The second-order valence-electron chi connectivity index (χ2n) is 6.75. The number of unbranched alkanes of at least 4 members (excludes halogenated alkanes) is 1. The monoisotopic (exact) mass is 404 g/mol. The van der Waals surface area contributed by atoms with Crippen LogP contribution in [0.25, 0.3) is 5.69 Å². The molecule has 10 heteroatoms. The Morgan fingerprint density at radius 3 is 2.57 bits per heavy atom. The lowest BCUT2D eigenvalue weighted by atomic mass is 10.2. The van der Waals surface area contributed by atoms with E-state index < -0.39 is 0 Å². The number of nitrogens with zero attached hydrogens (tertiary/aromatic N) is 8. The molecular formula is C18H25FN8S. The van der Waals surface area contributed by atoms with Gasteiger partial charge in [-0.05, 0) is 62.1 Å². The van der Waals surface area contributed by atoms with E-state index in [0.29, 0.717) is 5.75 Å². The molecule has 28 heavy (non-hydrogen) atoms. The maximum atomic E-state index is 13.4. The zero-order chi connectivity index (χ0) is 20.1. The largest absolute Gasteiger partial charge is 0.300 e. The standard InChI is InChI=1S/C18H25FN8S/c1-5-6-11-26-16(20-23-24-26)12-28-18-22-21-17(13(2)25(3)4)27(18)15-9-7-14(19)8-10-15/h7-10,13H,5-6,11-12H2,1-4H3/t13-/m1/s1. The predicted molar refractivity (Wildman–Crippen MR) is 106 cm³/mol. The Bertz CT molecular complexity index is 889. The van der Waals surface area contributed by atoms with Crippen molar-refractivity contribution in [2.45, 2.75) is 50.2 Å². The fraction of sp³-hybridized carbons (Fsp3) is 0.500. The molecule has 1 atom stereocenters. The zero-order valence-corrected chi connectivity index (χ0v) is 17.4. The van der Waals surface area contributed by atoms with Crippen LogP contribution in [0.5, 0.6) is 0 Å². The predicted octanol–water partition coefficient (Wildman–Crippen LogP) is 3.11. The van der Waals surface area contributed by atoms with E-state index in [1.807, 2.05) is 23.3 Å². The van der Waals surface area contributed by atoms with Crippen molar-refractivity contribution in [2.75, 3.05) is 14.1 Å². The quantitative estimate of drug-likeness (QED) is 0.507. The van der Waals surface area contributed by atoms with Gasteiger partial charge in [-0.3, -0.25) is 9.47 Å². The number of hydrogen-bond donors (Lipinski definition) is 0. The second-order valence-corrected chi connectivity index (χ2v) is 7.70. The molecule has 1 aromatic carbocycles. The number of halogens is 1. The van der Waals surface area contributed by atoms with Gasteiger partial charge in [0.2, 0.25) is 0 Å². The molecule has 0 aliphatic heterocycles. The molecule has 3 aromatic rings. The van der Waals surface area contributed by atoms with Crippen LogP contribution < -0.4 is 0 Å². The summed E-state index contributed by atoms with van der Waals surface area (Å²) in [6.45, 7) is 4.99. The van der Waals surface area contributed by atoms with E-state index in [2.05, 4.69) is 44.5 Å². The van der Waals surface area contributed by atoms with Crippen molar-refractivity contribution in [1.29, 1.82) is 0 Å². The summed E-state index contributed by atoms with van der Waals surface area (Å²) in [5, 5.41) is 21.5. The minimum Gasteiger partial charge on any atom is -0.300 e. The minimum absolute atomic E-state index is 0.0433. The van der Waals surface area contributed by atoms with Crippen molar-refractivity contribution in [3.05, 3.63) is 41.7 Å². The summed E-state index contributed by atoms with van der Waals surface area (Å²) in [6.07, 6.45) is 2.11. The van der Waals surface area contributed by atoms with Gasteiger partial charge >= 0.3 is 0 Å². The van der Waals surface area contributed by atoms with Crippen LogP contribution in [0.15, 0.2) is 29.4 Å². The third-order valence-electron chi connectivity index (χ3n) is 4.55. The first-order valence-corrected chi connectivity index (χ1v) is 10.2. The smallest absolute Gasteiger partial charge is 0.196 e. The minimum atomic E-state index is -0.275. The van der Waals surface area contributed by atoms with Crippen LogP contribution in [0.2, 0.25) is 0 Å². The summed E-state index contributed by atoms with van der Waals surface area (Å²) in [5.74, 6) is 1.90. The Morgan fingerprint density at radius 1 is 1.14 bits per heavy atom. The molecule has 0 radical (unpaired) electrons. The van der Waals surface area contributed by atoms with Crippen molar-refractivity contribution < 1.29 is 4.39 Å². The summed E-state index contributed by atoms with van der Waals surface area (Å²) in [7, 11) is 3.98. The normalized spacial score (nSPS) is 12.6. The Hall–Kier alpha value is -2.33. The molecule has 2 aromatic heterocycles. The summed E-state index contributed by atoms with van der Waals surface area (Å²) in [5.41, 5.74) is 0.822. The highest BCUT2D eigenvalue weighted by molar-refractivity contribution is 7.98. The number of hydrogen-bond acceptors (Lipinski definition) is 7. The molecule has 0 saturated carbocycles. The van der Waals surface area contributed by atoms with Crippen molar-refractivity contribution in [3.63, 3.8) is 0 Å². The molecule has 0 saturated heterocycles. The zero-order valence-electron chi connectivity index (χ0n) is 16.6. The van der Waals surface area contributed by atoms with Gasteiger partial charge in [-0.25, -0.2) is 9.07 Å². The molecule has 2 heterocycles. The van der Waals surface area contributed by atoms with Crippen molar-refractivity contribution >= 4 is 11.8 Å². The van der Waals surface area contributed by atoms with Gasteiger partial charge in [0.15, 0.2) is 16.8 Å². The number of aryl methyl sites for hydroxylation is 1. The second kappa shape index (κ2) is 9.24. The van der Waals surface area contributed by atoms with E-state index in [1.54, 1.807) is 12.1 Å². The van der Waals surface area contributed by atoms with Gasteiger partial charge < -0.3 is 0 Å². The van der Waals surface area contributed by atoms with Crippen LogP contribution in [0.1, 0.15) is 44.4 Å². The molecule has 0 amide bonds. The molecule has 3 rings (SSSR count). The van der Waals surface area contributed by atoms with E-state index in [9.17, 15) is 4.39 Å². The van der Waals surface area contributed by atoms with Gasteiger partial charge in [-0.1, -0.05) is 25.1 Å². The average molecular weight is 405 g/mol. The third-order valence-corrected chi connectivity index (χ3v) is 5.48. The number of tetrazole rings is 1. The van der Waals surface area contributed by atoms with Crippen LogP contribution in [0.4, 0.5) is 4.39 Å². The van der Waals surface area contributed by atoms with Crippen LogP contribution in [-0.2, 0) is 12.3 Å². The molecule has 0 spiro atoms.